The molecule has 0 heterocycles. The van der Waals surface area contributed by atoms with E-state index in [-0.39, 0.29) is 25.7 Å². The summed E-state index contributed by atoms with van der Waals surface area (Å²) in [5.74, 6) is -0.145. The molecule has 204 valence electrons. The minimum absolute atomic E-state index is 0.0234. The van der Waals surface area contributed by atoms with Crippen LogP contribution < -0.4 is 5.32 Å². The van der Waals surface area contributed by atoms with Crippen LogP contribution in [-0.4, -0.2) is 69.5 Å². The zero-order valence-corrected chi connectivity index (χ0v) is 23.6. The summed E-state index contributed by atoms with van der Waals surface area (Å²) < 4.78 is 28.4. The normalized spacial score (nSPS) is 14.5. The smallest absolute Gasteiger partial charge is 0.449 e. The number of hydrogen-bond donors (Lipinski definition) is 2. The molecule has 0 aromatic carbocycles. The molecule has 0 aliphatic heterocycles. The van der Waals surface area contributed by atoms with Gasteiger partial charge in [0.05, 0.1) is 34.4 Å². The van der Waals surface area contributed by atoms with Gasteiger partial charge in [-0.3, -0.25) is 9.05 Å². The summed E-state index contributed by atoms with van der Waals surface area (Å²) in [6, 6.07) is 0. The van der Waals surface area contributed by atoms with Crippen LogP contribution in [0.25, 0.3) is 0 Å². The molecule has 2 N–H and O–H groups in total. The highest BCUT2D eigenvalue weighted by Crippen LogP contribution is 2.43. The van der Waals surface area contributed by atoms with Gasteiger partial charge < -0.3 is 19.4 Å². The minimum atomic E-state index is -4.13. The molecule has 34 heavy (non-hydrogen) atoms. The van der Waals surface area contributed by atoms with E-state index >= 15 is 0 Å². The number of carbonyl (C=O) groups is 1. The summed E-state index contributed by atoms with van der Waals surface area (Å²) in [5, 5.41) is 2.60. The molecule has 2 unspecified atom stereocenters. The first-order valence-electron chi connectivity index (χ1n) is 13.4. The van der Waals surface area contributed by atoms with Gasteiger partial charge >= 0.3 is 13.9 Å². The van der Waals surface area contributed by atoms with E-state index < -0.39 is 13.9 Å². The number of unbranched alkanes of at least 4 members (excludes halogenated alkanes) is 11. The molecule has 0 spiro atoms. The third-order valence-corrected chi connectivity index (χ3v) is 6.71. The van der Waals surface area contributed by atoms with Crippen molar-refractivity contribution in [1.82, 2.24) is 5.32 Å². The largest absolute Gasteiger partial charge is 0.472 e. The summed E-state index contributed by atoms with van der Waals surface area (Å²) in [5.41, 5.74) is 0. The summed E-state index contributed by atoms with van der Waals surface area (Å²) in [4.78, 5) is 21.6. The number of likely N-dealkylation sites (N-methyl/N-ethyl adjacent to an activating group) is 1. The van der Waals surface area contributed by atoms with Gasteiger partial charge in [0, 0.05) is 12.5 Å². The average molecular weight is 510 g/mol. The predicted octanol–water partition coefficient (Wildman–Crippen LogP) is 6.28. The molecule has 0 rings (SSSR count). The molecule has 0 aliphatic rings. The number of amides is 1. The third kappa shape index (κ3) is 23.1. The van der Waals surface area contributed by atoms with Gasteiger partial charge in [-0.25, -0.2) is 9.36 Å². The monoisotopic (exact) mass is 509 g/mol. The van der Waals surface area contributed by atoms with Crippen molar-refractivity contribution in [3.63, 3.8) is 0 Å². The van der Waals surface area contributed by atoms with E-state index in [0.29, 0.717) is 17.6 Å². The van der Waals surface area contributed by atoms with Crippen LogP contribution in [0.5, 0.6) is 0 Å². The summed E-state index contributed by atoms with van der Waals surface area (Å²) >= 11 is 0. The third-order valence-electron chi connectivity index (χ3n) is 5.73. The van der Waals surface area contributed by atoms with E-state index in [2.05, 4.69) is 12.2 Å². The Morgan fingerprint density at radius 3 is 1.88 bits per heavy atom. The molecule has 8 nitrogen and oxygen atoms in total. The van der Waals surface area contributed by atoms with Crippen LogP contribution in [0.4, 0.5) is 4.79 Å². The maximum atomic E-state index is 12.2. The first-order valence-corrected chi connectivity index (χ1v) is 14.9. The fraction of sp³-hybridized carbons (Fsp3) is 0.960. The minimum Gasteiger partial charge on any atom is -0.449 e. The van der Waals surface area contributed by atoms with E-state index in [1.807, 2.05) is 28.1 Å². The number of rotatable bonds is 23. The number of nitrogens with zero attached hydrogens (tertiary/aromatic N) is 1. The van der Waals surface area contributed by atoms with E-state index in [0.717, 1.165) is 19.3 Å². The Balaban J connectivity index is 4.18. The fourth-order valence-electron chi connectivity index (χ4n) is 3.54. The van der Waals surface area contributed by atoms with Crippen LogP contribution in [0.3, 0.4) is 0 Å². The highest BCUT2D eigenvalue weighted by Gasteiger charge is 2.25. The summed E-state index contributed by atoms with van der Waals surface area (Å²) in [6.07, 6.45) is 15.5. The maximum absolute atomic E-state index is 12.2. The predicted molar refractivity (Wildman–Crippen MR) is 139 cm³/mol. The molecule has 0 aromatic heterocycles. The fourth-order valence-corrected chi connectivity index (χ4v) is 4.33. The van der Waals surface area contributed by atoms with Crippen LogP contribution in [0.2, 0.25) is 0 Å². The number of ether oxygens (including phenoxy) is 1. The van der Waals surface area contributed by atoms with Crippen LogP contribution in [0.1, 0.15) is 97.3 Å². The second kappa shape index (κ2) is 20.5. The SMILES string of the molecule is CCCCCCCCCCCCCCC(COC(=O)NCC)COP(=O)(O)OCC[N+](C)(C)C. The number of phosphoric acid groups is 1. The van der Waals surface area contributed by atoms with E-state index in [1.165, 1.54) is 64.2 Å². The second-order valence-corrected chi connectivity index (χ2v) is 11.7. The van der Waals surface area contributed by atoms with Gasteiger partial charge in [-0.15, -0.1) is 0 Å². The lowest BCUT2D eigenvalue weighted by atomic mass is 10.0. The molecular weight excluding hydrogens is 455 g/mol. The van der Waals surface area contributed by atoms with E-state index in [1.54, 1.807) is 0 Å². The molecular formula is C25H54N2O6P+. The van der Waals surface area contributed by atoms with Crippen LogP contribution >= 0.6 is 7.82 Å². The Hall–Kier alpha value is -0.660. The lowest BCUT2D eigenvalue weighted by molar-refractivity contribution is -0.870. The van der Waals surface area contributed by atoms with Gasteiger partial charge in [0.2, 0.25) is 0 Å². The second-order valence-electron chi connectivity index (χ2n) is 10.3. The van der Waals surface area contributed by atoms with Crippen LogP contribution in [0, 0.1) is 5.92 Å². The number of phosphoric ester groups is 1. The first-order chi connectivity index (χ1) is 16.1. The van der Waals surface area contributed by atoms with Crippen molar-refractivity contribution in [1.29, 1.82) is 0 Å². The number of carbonyl (C=O) groups excluding carboxylic acids is 1. The Labute approximate surface area is 209 Å². The molecule has 1 amide bonds. The number of hydrogen-bond acceptors (Lipinski definition) is 5. The lowest BCUT2D eigenvalue weighted by Crippen LogP contribution is -2.37. The van der Waals surface area contributed by atoms with Crippen molar-refractivity contribution in [2.24, 2.45) is 5.92 Å². The summed E-state index contributed by atoms with van der Waals surface area (Å²) in [7, 11) is 1.82. The Bertz CT molecular complexity index is 542. The molecule has 0 bridgehead atoms. The highest BCUT2D eigenvalue weighted by atomic mass is 31.2. The first kappa shape index (κ1) is 33.3. The molecule has 0 radical (unpaired) electrons. The molecule has 9 heteroatoms. The average Bonchev–Trinajstić information content (AvgIpc) is 2.75. The molecule has 0 fully saturated rings. The molecule has 0 saturated carbocycles. The topological polar surface area (TPSA) is 94.1 Å². The van der Waals surface area contributed by atoms with Gasteiger partial charge in [-0.05, 0) is 13.3 Å². The Morgan fingerprint density at radius 1 is 0.853 bits per heavy atom. The van der Waals surface area contributed by atoms with Gasteiger partial charge in [0.25, 0.3) is 0 Å². The van der Waals surface area contributed by atoms with E-state index in [9.17, 15) is 14.3 Å². The number of alkyl carbamates (subject to hydrolysis) is 1. The van der Waals surface area contributed by atoms with Gasteiger partial charge in [-0.2, -0.15) is 0 Å². The quantitative estimate of drug-likeness (QED) is 0.0956. The summed E-state index contributed by atoms with van der Waals surface area (Å²) in [6.45, 7) is 5.47. The lowest BCUT2D eigenvalue weighted by Gasteiger charge is -2.24. The molecule has 0 aliphatic carbocycles. The zero-order chi connectivity index (χ0) is 25.7. The zero-order valence-electron chi connectivity index (χ0n) is 22.7. The number of nitrogens with one attached hydrogen (secondary N) is 1. The highest BCUT2D eigenvalue weighted by molar-refractivity contribution is 7.47. The number of quaternary nitrogens is 1. The molecule has 0 saturated heterocycles. The standard InChI is InChI=1S/C25H53N2O6P/c1-6-8-9-10-11-12-13-14-15-16-17-18-19-24(22-31-25(28)26-7-2)23-33-34(29,30)32-21-20-27(3,4)5/h24H,6-23H2,1-5H3,(H-,26,28,29,30)/p+1. The van der Waals surface area contributed by atoms with Crippen LogP contribution in [0.15, 0.2) is 0 Å². The van der Waals surface area contributed by atoms with E-state index in [4.69, 9.17) is 13.8 Å². The van der Waals surface area contributed by atoms with Crippen molar-refractivity contribution in [2.45, 2.75) is 97.3 Å². The van der Waals surface area contributed by atoms with Crippen LogP contribution in [-0.2, 0) is 18.3 Å². The molecule has 0 aromatic rings. The van der Waals surface area contributed by atoms with Crippen molar-refractivity contribution < 1.29 is 32.5 Å². The van der Waals surface area contributed by atoms with Crippen molar-refractivity contribution >= 4 is 13.9 Å². The Morgan fingerprint density at radius 2 is 1.38 bits per heavy atom. The van der Waals surface area contributed by atoms with Crippen molar-refractivity contribution in [2.75, 3.05) is 54.1 Å². The van der Waals surface area contributed by atoms with Crippen molar-refractivity contribution in [3.8, 4) is 0 Å². The van der Waals surface area contributed by atoms with Gasteiger partial charge in [0.15, 0.2) is 0 Å². The van der Waals surface area contributed by atoms with Crippen molar-refractivity contribution in [3.05, 3.63) is 0 Å². The van der Waals surface area contributed by atoms with Gasteiger partial charge in [-0.1, -0.05) is 84.0 Å². The molecule has 2 atom stereocenters. The Kier molecular flexibility index (Phi) is 20.1. The van der Waals surface area contributed by atoms with Gasteiger partial charge in [0.1, 0.15) is 13.2 Å². The maximum Gasteiger partial charge on any atom is 0.472 e.